The van der Waals surface area contributed by atoms with E-state index in [1.165, 1.54) is 0 Å². The van der Waals surface area contributed by atoms with Crippen molar-refractivity contribution in [3.05, 3.63) is 0 Å². The van der Waals surface area contributed by atoms with Crippen molar-refractivity contribution in [2.24, 2.45) is 11.5 Å². The smallest absolute Gasteiger partial charge is 0.397 e. The predicted octanol–water partition coefficient (Wildman–Crippen LogP) is -1.61. The molecule has 5 N–H and O–H groups in total. The highest BCUT2D eigenvalue weighted by atomic mass is 16.7. The van der Waals surface area contributed by atoms with Gasteiger partial charge in [0.15, 0.2) is 0 Å². The number of carbonyl (C=O) groups excluding carboxylic acids is 3. The van der Waals surface area contributed by atoms with Gasteiger partial charge in [0, 0.05) is 6.54 Å². The Morgan fingerprint density at radius 1 is 1.29 bits per heavy atom. The number of hydrogen-bond donors (Lipinski definition) is 3. The van der Waals surface area contributed by atoms with Gasteiger partial charge in [-0.2, -0.15) is 0 Å². The van der Waals surface area contributed by atoms with Crippen LogP contribution in [0.15, 0.2) is 0 Å². The second-order valence-corrected chi connectivity index (χ2v) is 2.60. The highest BCUT2D eigenvalue weighted by Crippen LogP contribution is 2.22. The fraction of sp³-hybridized carbons (Fsp3) is 0.500. The molecule has 0 saturated carbocycles. The number of ether oxygens (including phenoxy) is 2. The van der Waals surface area contributed by atoms with E-state index in [1.807, 2.05) is 0 Å². The maximum Gasteiger partial charge on any atom is 0.408 e. The van der Waals surface area contributed by atoms with Gasteiger partial charge in [-0.3, -0.25) is 4.79 Å². The standard InChI is InChI=1S/C6H9N3O5/c7-4(11)13-6(14-5(8)12)1-2-9-3(6)10/h1-2H2,(H2,7,11)(H2,8,12)(H,9,10). The van der Waals surface area contributed by atoms with Crippen molar-refractivity contribution < 1.29 is 23.9 Å². The molecule has 0 aromatic rings. The first-order valence-corrected chi connectivity index (χ1v) is 3.71. The van der Waals surface area contributed by atoms with Gasteiger partial charge in [-0.05, 0) is 0 Å². The Hall–Kier alpha value is -1.99. The molecule has 8 nitrogen and oxygen atoms in total. The maximum absolute atomic E-state index is 11.2. The SMILES string of the molecule is NC(=O)OC1(OC(N)=O)CCNC1=O. The van der Waals surface area contributed by atoms with Crippen LogP contribution in [0.4, 0.5) is 9.59 Å². The topological polar surface area (TPSA) is 134 Å². The molecular weight excluding hydrogens is 194 g/mol. The van der Waals surface area contributed by atoms with Gasteiger partial charge in [-0.1, -0.05) is 0 Å². The molecule has 0 bridgehead atoms. The molecule has 1 aliphatic rings. The highest BCUT2D eigenvalue weighted by molar-refractivity contribution is 5.89. The molecule has 0 spiro atoms. The fourth-order valence-corrected chi connectivity index (χ4v) is 1.13. The zero-order valence-electron chi connectivity index (χ0n) is 7.11. The van der Waals surface area contributed by atoms with Crippen molar-refractivity contribution in [3.8, 4) is 0 Å². The zero-order valence-corrected chi connectivity index (χ0v) is 7.11. The number of nitrogens with two attached hydrogens (primary N) is 2. The summed E-state index contributed by atoms with van der Waals surface area (Å²) in [5.74, 6) is -2.76. The molecule has 1 fully saturated rings. The fourth-order valence-electron chi connectivity index (χ4n) is 1.13. The van der Waals surface area contributed by atoms with Crippen LogP contribution in [0.25, 0.3) is 0 Å². The number of primary amides is 2. The van der Waals surface area contributed by atoms with Crippen LogP contribution in [0.1, 0.15) is 6.42 Å². The summed E-state index contributed by atoms with van der Waals surface area (Å²) >= 11 is 0. The molecule has 3 amide bonds. The van der Waals surface area contributed by atoms with Gasteiger partial charge >= 0.3 is 23.9 Å². The Morgan fingerprint density at radius 2 is 1.79 bits per heavy atom. The monoisotopic (exact) mass is 203 g/mol. The van der Waals surface area contributed by atoms with Crippen molar-refractivity contribution in [1.29, 1.82) is 0 Å². The first-order chi connectivity index (χ1) is 6.46. The molecule has 0 atom stereocenters. The van der Waals surface area contributed by atoms with E-state index in [1.54, 1.807) is 0 Å². The number of carbonyl (C=O) groups is 3. The number of hydrogen-bond acceptors (Lipinski definition) is 5. The van der Waals surface area contributed by atoms with Crippen LogP contribution in [0.3, 0.4) is 0 Å². The van der Waals surface area contributed by atoms with Gasteiger partial charge < -0.3 is 26.3 Å². The van der Waals surface area contributed by atoms with Crippen LogP contribution in [0.2, 0.25) is 0 Å². The molecule has 1 saturated heterocycles. The van der Waals surface area contributed by atoms with Crippen molar-refractivity contribution in [3.63, 3.8) is 0 Å². The van der Waals surface area contributed by atoms with Crippen LogP contribution < -0.4 is 16.8 Å². The summed E-state index contributed by atoms with van der Waals surface area (Å²) < 4.78 is 8.85. The van der Waals surface area contributed by atoms with Crippen LogP contribution in [0.5, 0.6) is 0 Å². The molecule has 0 unspecified atom stereocenters. The molecule has 0 aromatic heterocycles. The second-order valence-electron chi connectivity index (χ2n) is 2.60. The summed E-state index contributed by atoms with van der Waals surface area (Å²) in [4.78, 5) is 32.1. The lowest BCUT2D eigenvalue weighted by atomic mass is 10.2. The molecule has 0 radical (unpaired) electrons. The van der Waals surface area contributed by atoms with Gasteiger partial charge in [0.1, 0.15) is 0 Å². The molecule has 8 heteroatoms. The van der Waals surface area contributed by atoms with Gasteiger partial charge in [0.25, 0.3) is 0 Å². The van der Waals surface area contributed by atoms with E-state index >= 15 is 0 Å². The van der Waals surface area contributed by atoms with Gasteiger partial charge in [0.05, 0.1) is 6.42 Å². The second kappa shape index (κ2) is 3.40. The minimum absolute atomic E-state index is 0.0162. The van der Waals surface area contributed by atoms with Crippen molar-refractivity contribution in [2.75, 3.05) is 6.54 Å². The Kier molecular flexibility index (Phi) is 2.45. The third-order valence-electron chi connectivity index (χ3n) is 1.62. The highest BCUT2D eigenvalue weighted by Gasteiger charge is 2.50. The minimum atomic E-state index is -2.00. The first-order valence-electron chi connectivity index (χ1n) is 3.71. The van der Waals surface area contributed by atoms with E-state index in [-0.39, 0.29) is 13.0 Å². The third kappa shape index (κ3) is 1.84. The normalized spacial score (nSPS) is 18.4. The maximum atomic E-state index is 11.2. The quantitative estimate of drug-likeness (QED) is 0.464. The van der Waals surface area contributed by atoms with Gasteiger partial charge in [-0.25, -0.2) is 9.59 Å². The van der Waals surface area contributed by atoms with Crippen LogP contribution in [-0.4, -0.2) is 30.4 Å². The van der Waals surface area contributed by atoms with E-state index < -0.39 is 23.9 Å². The first kappa shape index (κ1) is 10.1. The lowest BCUT2D eigenvalue weighted by molar-refractivity contribution is -0.175. The van der Waals surface area contributed by atoms with Crippen molar-refractivity contribution >= 4 is 18.1 Å². The summed E-state index contributed by atoms with van der Waals surface area (Å²) in [7, 11) is 0. The van der Waals surface area contributed by atoms with E-state index in [2.05, 4.69) is 14.8 Å². The van der Waals surface area contributed by atoms with E-state index in [0.717, 1.165) is 0 Å². The summed E-state index contributed by atoms with van der Waals surface area (Å²) in [5.41, 5.74) is 9.44. The number of rotatable bonds is 2. The van der Waals surface area contributed by atoms with E-state index in [4.69, 9.17) is 11.5 Å². The summed E-state index contributed by atoms with van der Waals surface area (Å²) in [6, 6.07) is 0. The third-order valence-corrected chi connectivity index (χ3v) is 1.62. The van der Waals surface area contributed by atoms with Gasteiger partial charge in [-0.15, -0.1) is 0 Å². The predicted molar refractivity (Wildman–Crippen MR) is 41.7 cm³/mol. The summed E-state index contributed by atoms with van der Waals surface area (Å²) in [6.07, 6.45) is -2.45. The Labute approximate surface area is 78.5 Å². The lowest BCUT2D eigenvalue weighted by Crippen LogP contribution is -2.48. The molecule has 1 aliphatic heterocycles. The van der Waals surface area contributed by atoms with Gasteiger partial charge in [0.2, 0.25) is 0 Å². The average Bonchev–Trinajstić information content (AvgIpc) is 2.29. The minimum Gasteiger partial charge on any atom is -0.397 e. The van der Waals surface area contributed by atoms with Crippen molar-refractivity contribution in [1.82, 2.24) is 5.32 Å². The number of amides is 3. The lowest BCUT2D eigenvalue weighted by Gasteiger charge is -2.23. The Bertz CT molecular complexity index is 273. The molecule has 78 valence electrons. The summed E-state index contributed by atoms with van der Waals surface area (Å²) in [6.45, 7) is 0.208. The largest absolute Gasteiger partial charge is 0.408 e. The summed E-state index contributed by atoms with van der Waals surface area (Å²) in [5, 5.41) is 2.32. The number of nitrogens with one attached hydrogen (secondary N) is 1. The molecule has 0 aliphatic carbocycles. The van der Waals surface area contributed by atoms with E-state index in [0.29, 0.717) is 0 Å². The molecular formula is C6H9N3O5. The molecule has 0 aromatic carbocycles. The molecule has 14 heavy (non-hydrogen) atoms. The molecule has 1 heterocycles. The Balaban J connectivity index is 2.83. The van der Waals surface area contributed by atoms with E-state index in [9.17, 15) is 14.4 Å². The van der Waals surface area contributed by atoms with Crippen LogP contribution >= 0.6 is 0 Å². The van der Waals surface area contributed by atoms with Crippen LogP contribution in [-0.2, 0) is 14.3 Å². The Morgan fingerprint density at radius 3 is 2.07 bits per heavy atom. The average molecular weight is 203 g/mol. The zero-order chi connectivity index (χ0) is 10.8. The van der Waals surface area contributed by atoms with Crippen molar-refractivity contribution in [2.45, 2.75) is 12.2 Å². The molecule has 1 rings (SSSR count). The van der Waals surface area contributed by atoms with Crippen LogP contribution in [0, 0.1) is 0 Å².